The zero-order chi connectivity index (χ0) is 19.5. The van der Waals surface area contributed by atoms with E-state index in [0.29, 0.717) is 12.8 Å². The fourth-order valence-corrected chi connectivity index (χ4v) is 4.27. The van der Waals surface area contributed by atoms with Crippen LogP contribution in [0.15, 0.2) is 54.6 Å². The Morgan fingerprint density at radius 3 is 2.04 bits per heavy atom. The number of esters is 2. The van der Waals surface area contributed by atoms with Crippen molar-refractivity contribution in [1.29, 1.82) is 0 Å². The van der Waals surface area contributed by atoms with Gasteiger partial charge in [0.15, 0.2) is 5.41 Å². The van der Waals surface area contributed by atoms with Gasteiger partial charge in [0.25, 0.3) is 0 Å². The van der Waals surface area contributed by atoms with Gasteiger partial charge in [0.1, 0.15) is 0 Å². The van der Waals surface area contributed by atoms with Gasteiger partial charge >= 0.3 is 11.9 Å². The van der Waals surface area contributed by atoms with E-state index in [-0.39, 0.29) is 13.2 Å². The minimum atomic E-state index is -1.34. The van der Waals surface area contributed by atoms with Crippen LogP contribution in [0.2, 0.25) is 0 Å². The van der Waals surface area contributed by atoms with Crippen molar-refractivity contribution in [2.75, 3.05) is 13.2 Å². The summed E-state index contributed by atoms with van der Waals surface area (Å²) in [7, 11) is 0. The second kappa shape index (κ2) is 7.55. The Morgan fingerprint density at radius 1 is 0.889 bits per heavy atom. The molecule has 0 heterocycles. The molecule has 0 aliphatic heterocycles. The van der Waals surface area contributed by atoms with Crippen LogP contribution >= 0.6 is 0 Å². The molecule has 27 heavy (non-hydrogen) atoms. The smallest absolute Gasteiger partial charge is 0.323 e. The van der Waals surface area contributed by atoms with E-state index in [2.05, 4.69) is 13.0 Å². The molecule has 142 valence electrons. The van der Waals surface area contributed by atoms with Crippen molar-refractivity contribution in [3.8, 4) is 0 Å². The molecule has 0 saturated carbocycles. The van der Waals surface area contributed by atoms with Crippen LogP contribution < -0.4 is 0 Å². The lowest BCUT2D eigenvalue weighted by atomic mass is 9.58. The third-order valence-electron chi connectivity index (χ3n) is 5.50. The van der Waals surface area contributed by atoms with E-state index in [0.717, 1.165) is 16.7 Å². The van der Waals surface area contributed by atoms with Gasteiger partial charge in [-0.05, 0) is 43.4 Å². The second-order valence-corrected chi connectivity index (χ2v) is 7.23. The summed E-state index contributed by atoms with van der Waals surface area (Å²) >= 11 is 0. The molecule has 0 aromatic heterocycles. The van der Waals surface area contributed by atoms with E-state index in [1.807, 2.05) is 48.5 Å². The molecular formula is C23H26O4. The van der Waals surface area contributed by atoms with Crippen molar-refractivity contribution < 1.29 is 19.1 Å². The SMILES string of the molecule is CCOC(=O)C1(C(=O)OCC)Cc2ccccc2C(C)(c2ccccc2)C1. The standard InChI is InChI=1S/C23H26O4/c1-4-26-20(24)23(21(25)27-5-2)15-17-11-9-10-14-19(17)22(3,16-23)18-12-7-6-8-13-18/h6-14H,4-5,15-16H2,1-3H3. The molecule has 1 unspecified atom stereocenters. The predicted octanol–water partition coefficient (Wildman–Crippen LogP) is 4.05. The fourth-order valence-electron chi connectivity index (χ4n) is 4.27. The summed E-state index contributed by atoms with van der Waals surface area (Å²) in [5.74, 6) is -1.000. The molecule has 1 aliphatic rings. The molecule has 4 nitrogen and oxygen atoms in total. The van der Waals surface area contributed by atoms with Crippen molar-refractivity contribution in [3.63, 3.8) is 0 Å². The molecule has 3 rings (SSSR count). The van der Waals surface area contributed by atoms with Gasteiger partial charge in [0.2, 0.25) is 0 Å². The van der Waals surface area contributed by atoms with Crippen molar-refractivity contribution in [3.05, 3.63) is 71.3 Å². The molecule has 0 N–H and O–H groups in total. The molecule has 0 radical (unpaired) electrons. The average Bonchev–Trinajstić information content (AvgIpc) is 2.69. The maximum absolute atomic E-state index is 13.0. The van der Waals surface area contributed by atoms with Gasteiger partial charge in [-0.15, -0.1) is 0 Å². The highest BCUT2D eigenvalue weighted by atomic mass is 16.6. The first-order valence-electron chi connectivity index (χ1n) is 9.46. The minimum Gasteiger partial charge on any atom is -0.465 e. The maximum Gasteiger partial charge on any atom is 0.323 e. The number of hydrogen-bond donors (Lipinski definition) is 0. The Morgan fingerprint density at radius 2 is 1.44 bits per heavy atom. The van der Waals surface area contributed by atoms with Gasteiger partial charge in [-0.3, -0.25) is 9.59 Å². The van der Waals surface area contributed by atoms with E-state index in [9.17, 15) is 9.59 Å². The number of carbonyl (C=O) groups excluding carboxylic acids is 2. The Kier molecular flexibility index (Phi) is 5.36. The van der Waals surface area contributed by atoms with Gasteiger partial charge in [-0.2, -0.15) is 0 Å². The highest BCUT2D eigenvalue weighted by Crippen LogP contribution is 2.50. The average molecular weight is 366 g/mol. The second-order valence-electron chi connectivity index (χ2n) is 7.23. The highest BCUT2D eigenvalue weighted by Gasteiger charge is 2.57. The van der Waals surface area contributed by atoms with Crippen LogP contribution in [0.3, 0.4) is 0 Å². The summed E-state index contributed by atoms with van der Waals surface area (Å²) in [5, 5.41) is 0. The quantitative estimate of drug-likeness (QED) is 0.592. The third-order valence-corrected chi connectivity index (χ3v) is 5.50. The van der Waals surface area contributed by atoms with Crippen molar-refractivity contribution >= 4 is 11.9 Å². The fraction of sp³-hybridized carbons (Fsp3) is 0.391. The monoisotopic (exact) mass is 366 g/mol. The zero-order valence-corrected chi connectivity index (χ0v) is 16.2. The summed E-state index contributed by atoms with van der Waals surface area (Å²) in [6, 6.07) is 18.0. The van der Waals surface area contributed by atoms with Crippen LogP contribution in [0.5, 0.6) is 0 Å². The van der Waals surface area contributed by atoms with E-state index in [1.54, 1.807) is 13.8 Å². The lowest BCUT2D eigenvalue weighted by Gasteiger charge is -2.44. The summed E-state index contributed by atoms with van der Waals surface area (Å²) in [6.07, 6.45) is 0.613. The number of carbonyl (C=O) groups is 2. The first kappa shape index (κ1) is 19.2. The van der Waals surface area contributed by atoms with Crippen LogP contribution in [0.25, 0.3) is 0 Å². The predicted molar refractivity (Wildman–Crippen MR) is 103 cm³/mol. The molecule has 0 spiro atoms. The van der Waals surface area contributed by atoms with E-state index < -0.39 is 22.8 Å². The molecular weight excluding hydrogens is 340 g/mol. The molecule has 0 bridgehead atoms. The summed E-state index contributed by atoms with van der Waals surface area (Å²) in [5.41, 5.74) is 1.34. The number of rotatable bonds is 5. The van der Waals surface area contributed by atoms with Gasteiger partial charge in [0, 0.05) is 5.41 Å². The Bertz CT molecular complexity index is 809. The van der Waals surface area contributed by atoms with Crippen LogP contribution in [-0.4, -0.2) is 25.2 Å². The van der Waals surface area contributed by atoms with E-state index >= 15 is 0 Å². The molecule has 1 atom stereocenters. The lowest BCUT2D eigenvalue weighted by Crippen LogP contribution is -2.51. The lowest BCUT2D eigenvalue weighted by molar-refractivity contribution is -0.174. The zero-order valence-electron chi connectivity index (χ0n) is 16.2. The summed E-state index contributed by atoms with van der Waals surface area (Å²) < 4.78 is 10.7. The molecule has 2 aromatic carbocycles. The van der Waals surface area contributed by atoms with Gasteiger partial charge < -0.3 is 9.47 Å². The summed E-state index contributed by atoms with van der Waals surface area (Å²) in [4.78, 5) is 26.1. The summed E-state index contributed by atoms with van der Waals surface area (Å²) in [6.45, 7) is 6.05. The molecule has 1 aliphatic carbocycles. The molecule has 0 fully saturated rings. The normalized spacial score (nSPS) is 20.4. The number of fused-ring (bicyclic) bond motifs is 1. The largest absolute Gasteiger partial charge is 0.465 e. The minimum absolute atomic E-state index is 0.226. The maximum atomic E-state index is 13.0. The number of hydrogen-bond acceptors (Lipinski definition) is 4. The van der Waals surface area contributed by atoms with Gasteiger partial charge in [-0.1, -0.05) is 61.5 Å². The van der Waals surface area contributed by atoms with Crippen molar-refractivity contribution in [2.24, 2.45) is 5.41 Å². The molecule has 0 saturated heterocycles. The number of benzene rings is 2. The first-order chi connectivity index (χ1) is 13.0. The van der Waals surface area contributed by atoms with E-state index in [4.69, 9.17) is 9.47 Å². The molecule has 4 heteroatoms. The Balaban J connectivity index is 2.21. The van der Waals surface area contributed by atoms with Gasteiger partial charge in [0.05, 0.1) is 13.2 Å². The molecule has 2 aromatic rings. The van der Waals surface area contributed by atoms with Crippen LogP contribution in [0, 0.1) is 5.41 Å². The first-order valence-corrected chi connectivity index (χ1v) is 9.46. The third kappa shape index (κ3) is 3.25. The van der Waals surface area contributed by atoms with Crippen LogP contribution in [-0.2, 0) is 30.9 Å². The van der Waals surface area contributed by atoms with Gasteiger partial charge in [-0.25, -0.2) is 0 Å². The Hall–Kier alpha value is -2.62. The van der Waals surface area contributed by atoms with Crippen LogP contribution in [0.4, 0.5) is 0 Å². The molecule has 0 amide bonds. The number of ether oxygens (including phenoxy) is 2. The topological polar surface area (TPSA) is 52.6 Å². The highest BCUT2D eigenvalue weighted by molar-refractivity contribution is 6.01. The van der Waals surface area contributed by atoms with Crippen molar-refractivity contribution in [2.45, 2.75) is 39.0 Å². The van der Waals surface area contributed by atoms with E-state index in [1.165, 1.54) is 0 Å². The van der Waals surface area contributed by atoms with Crippen LogP contribution in [0.1, 0.15) is 43.9 Å². The van der Waals surface area contributed by atoms with Crippen molar-refractivity contribution in [1.82, 2.24) is 0 Å². The Labute approximate surface area is 160 Å².